The molecule has 0 N–H and O–H groups in total. The number of anilines is 1. The molecule has 0 saturated carbocycles. The Balaban J connectivity index is 1.79. The molecular formula is C23H26N2O5. The predicted octanol–water partition coefficient (Wildman–Crippen LogP) is 3.35. The minimum absolute atomic E-state index is 0.195. The van der Waals surface area contributed by atoms with Crippen molar-refractivity contribution in [3.05, 3.63) is 54.1 Å². The molecule has 2 aliphatic rings. The molecule has 2 aliphatic heterocycles. The molecule has 2 saturated heterocycles. The van der Waals surface area contributed by atoms with Crippen LogP contribution in [0.2, 0.25) is 0 Å². The summed E-state index contributed by atoms with van der Waals surface area (Å²) in [5.74, 6) is 0.124. The molecule has 0 unspecified atom stereocenters. The highest BCUT2D eigenvalue weighted by atomic mass is 16.7. The second-order valence-corrected chi connectivity index (χ2v) is 7.45. The lowest BCUT2D eigenvalue weighted by Gasteiger charge is -2.29. The summed E-state index contributed by atoms with van der Waals surface area (Å²) in [6.45, 7) is 2.45. The van der Waals surface area contributed by atoms with Crippen molar-refractivity contribution in [3.8, 4) is 11.5 Å². The third kappa shape index (κ3) is 3.29. The molecule has 2 amide bonds. The average molecular weight is 410 g/mol. The van der Waals surface area contributed by atoms with E-state index in [2.05, 4.69) is 0 Å². The number of rotatable bonds is 7. The number of nitrogens with zero attached hydrogens (tertiary/aromatic N) is 2. The molecule has 0 radical (unpaired) electrons. The van der Waals surface area contributed by atoms with E-state index in [-0.39, 0.29) is 11.8 Å². The molecule has 2 aromatic carbocycles. The number of hydrogen-bond acceptors (Lipinski definition) is 6. The van der Waals surface area contributed by atoms with Gasteiger partial charge in [-0.1, -0.05) is 31.5 Å². The van der Waals surface area contributed by atoms with Crippen LogP contribution in [-0.4, -0.2) is 43.6 Å². The molecule has 0 aromatic heterocycles. The van der Waals surface area contributed by atoms with E-state index in [9.17, 15) is 9.59 Å². The van der Waals surface area contributed by atoms with Crippen LogP contribution in [0, 0.1) is 5.92 Å². The van der Waals surface area contributed by atoms with E-state index < -0.39 is 18.1 Å². The monoisotopic (exact) mass is 410 g/mol. The van der Waals surface area contributed by atoms with E-state index >= 15 is 0 Å². The topological polar surface area (TPSA) is 68.3 Å². The van der Waals surface area contributed by atoms with Crippen molar-refractivity contribution in [2.45, 2.75) is 31.9 Å². The van der Waals surface area contributed by atoms with Gasteiger partial charge in [0.05, 0.1) is 25.9 Å². The van der Waals surface area contributed by atoms with E-state index in [1.54, 1.807) is 25.3 Å². The molecule has 0 bridgehead atoms. The first kappa shape index (κ1) is 20.2. The Hall–Kier alpha value is -3.06. The quantitative estimate of drug-likeness (QED) is 0.652. The molecular weight excluding hydrogens is 384 g/mol. The summed E-state index contributed by atoms with van der Waals surface area (Å²) in [5, 5.41) is 1.67. The lowest BCUT2D eigenvalue weighted by Crippen LogP contribution is -2.37. The van der Waals surface area contributed by atoms with Crippen LogP contribution < -0.4 is 14.5 Å². The minimum Gasteiger partial charge on any atom is -0.497 e. The fourth-order valence-corrected chi connectivity index (χ4v) is 4.19. The number of benzene rings is 2. The zero-order chi connectivity index (χ0) is 21.3. The van der Waals surface area contributed by atoms with Crippen LogP contribution >= 0.6 is 0 Å². The Kier molecular flexibility index (Phi) is 5.63. The SMILES string of the molecule is CCCCN1C(=O)[C@H]2[C@H](ON(c3ccccc3)[C@@H]2c2ccc(OC)cc2OC)C1=O. The molecule has 2 fully saturated rings. The molecule has 7 heteroatoms. The molecule has 2 heterocycles. The maximum absolute atomic E-state index is 13.3. The van der Waals surface area contributed by atoms with E-state index in [0.717, 1.165) is 24.1 Å². The summed E-state index contributed by atoms with van der Waals surface area (Å²) in [6, 6.07) is 14.5. The van der Waals surface area contributed by atoms with Crippen LogP contribution in [0.5, 0.6) is 11.5 Å². The summed E-state index contributed by atoms with van der Waals surface area (Å²) in [6.07, 6.45) is 0.834. The molecule has 2 aromatic rings. The van der Waals surface area contributed by atoms with Crippen LogP contribution in [-0.2, 0) is 14.4 Å². The molecule has 4 rings (SSSR count). The van der Waals surface area contributed by atoms with Crippen LogP contribution in [0.3, 0.4) is 0 Å². The highest BCUT2D eigenvalue weighted by Gasteiger charge is 2.60. The van der Waals surface area contributed by atoms with Gasteiger partial charge in [-0.3, -0.25) is 19.3 Å². The van der Waals surface area contributed by atoms with Gasteiger partial charge in [0, 0.05) is 18.2 Å². The van der Waals surface area contributed by atoms with Crippen molar-refractivity contribution in [1.82, 2.24) is 4.90 Å². The van der Waals surface area contributed by atoms with Gasteiger partial charge < -0.3 is 9.47 Å². The zero-order valence-corrected chi connectivity index (χ0v) is 17.4. The number of methoxy groups -OCH3 is 2. The molecule has 7 nitrogen and oxygen atoms in total. The second kappa shape index (κ2) is 8.36. The third-order valence-electron chi connectivity index (χ3n) is 5.71. The van der Waals surface area contributed by atoms with Gasteiger partial charge in [0.2, 0.25) is 5.91 Å². The Bertz CT molecular complexity index is 932. The van der Waals surface area contributed by atoms with Crippen LogP contribution in [0.15, 0.2) is 48.5 Å². The second-order valence-electron chi connectivity index (χ2n) is 7.45. The smallest absolute Gasteiger partial charge is 0.261 e. The van der Waals surface area contributed by atoms with Gasteiger partial charge in [-0.05, 0) is 30.7 Å². The van der Waals surface area contributed by atoms with Gasteiger partial charge in [-0.25, -0.2) is 5.06 Å². The van der Waals surface area contributed by atoms with Crippen molar-refractivity contribution in [3.63, 3.8) is 0 Å². The van der Waals surface area contributed by atoms with Gasteiger partial charge in [0.25, 0.3) is 5.91 Å². The number of hydrogen-bond donors (Lipinski definition) is 0. The number of amides is 2. The summed E-state index contributed by atoms with van der Waals surface area (Å²) < 4.78 is 10.9. The minimum atomic E-state index is -0.841. The van der Waals surface area contributed by atoms with Gasteiger partial charge in [0.1, 0.15) is 17.4 Å². The predicted molar refractivity (Wildman–Crippen MR) is 111 cm³/mol. The summed E-state index contributed by atoms with van der Waals surface area (Å²) in [4.78, 5) is 33.8. The largest absolute Gasteiger partial charge is 0.497 e. The van der Waals surface area contributed by atoms with E-state index in [0.29, 0.717) is 18.0 Å². The lowest BCUT2D eigenvalue weighted by atomic mass is 9.90. The summed E-state index contributed by atoms with van der Waals surface area (Å²) in [5.41, 5.74) is 1.55. The van der Waals surface area contributed by atoms with Crippen LogP contribution in [0.25, 0.3) is 0 Å². The Morgan fingerprint density at radius 3 is 2.43 bits per heavy atom. The number of likely N-dealkylation sites (tertiary alicyclic amines) is 1. The highest BCUT2D eigenvalue weighted by Crippen LogP contribution is 2.49. The average Bonchev–Trinajstić information content (AvgIpc) is 3.28. The van der Waals surface area contributed by atoms with E-state index in [1.807, 2.05) is 49.4 Å². The van der Waals surface area contributed by atoms with Crippen LogP contribution in [0.4, 0.5) is 5.69 Å². The van der Waals surface area contributed by atoms with Gasteiger partial charge in [-0.15, -0.1) is 0 Å². The number of unbranched alkanes of at least 4 members (excludes halogenated alkanes) is 1. The number of ether oxygens (including phenoxy) is 2. The van der Waals surface area contributed by atoms with Crippen LogP contribution in [0.1, 0.15) is 31.4 Å². The Labute approximate surface area is 176 Å². The van der Waals surface area contributed by atoms with Gasteiger partial charge in [0.15, 0.2) is 6.10 Å². The number of carbonyl (C=O) groups is 2. The molecule has 158 valence electrons. The summed E-state index contributed by atoms with van der Waals surface area (Å²) >= 11 is 0. The fourth-order valence-electron chi connectivity index (χ4n) is 4.19. The summed E-state index contributed by atoms with van der Waals surface area (Å²) in [7, 11) is 3.16. The van der Waals surface area contributed by atoms with Crippen molar-refractivity contribution in [2.24, 2.45) is 5.92 Å². The van der Waals surface area contributed by atoms with Crippen molar-refractivity contribution in [2.75, 3.05) is 25.8 Å². The molecule has 0 spiro atoms. The Morgan fingerprint density at radius 2 is 1.77 bits per heavy atom. The molecule has 30 heavy (non-hydrogen) atoms. The maximum atomic E-state index is 13.3. The normalized spacial score (nSPS) is 23.1. The van der Waals surface area contributed by atoms with Crippen molar-refractivity contribution >= 4 is 17.5 Å². The van der Waals surface area contributed by atoms with Crippen molar-refractivity contribution in [1.29, 1.82) is 0 Å². The first-order chi connectivity index (χ1) is 14.6. The number of para-hydroxylation sites is 1. The van der Waals surface area contributed by atoms with E-state index in [1.165, 1.54) is 4.90 Å². The number of fused-ring (bicyclic) bond motifs is 1. The molecule has 3 atom stereocenters. The fraction of sp³-hybridized carbons (Fsp3) is 0.391. The maximum Gasteiger partial charge on any atom is 0.261 e. The van der Waals surface area contributed by atoms with Gasteiger partial charge >= 0.3 is 0 Å². The Morgan fingerprint density at radius 1 is 1.00 bits per heavy atom. The lowest BCUT2D eigenvalue weighted by molar-refractivity contribution is -0.143. The first-order valence-electron chi connectivity index (χ1n) is 10.2. The van der Waals surface area contributed by atoms with Crippen molar-refractivity contribution < 1.29 is 23.9 Å². The van der Waals surface area contributed by atoms with E-state index in [4.69, 9.17) is 14.3 Å². The zero-order valence-electron chi connectivity index (χ0n) is 17.4. The number of imide groups is 1. The number of hydroxylamine groups is 1. The number of carbonyl (C=O) groups excluding carboxylic acids is 2. The van der Waals surface area contributed by atoms with Gasteiger partial charge in [-0.2, -0.15) is 0 Å². The third-order valence-corrected chi connectivity index (χ3v) is 5.71. The first-order valence-corrected chi connectivity index (χ1v) is 10.2. The molecule has 0 aliphatic carbocycles. The highest BCUT2D eigenvalue weighted by molar-refractivity contribution is 6.07. The standard InChI is InChI=1S/C23H26N2O5/c1-4-5-13-24-22(26)19-20(17-12-11-16(28-2)14-18(17)29-3)25(30-21(19)23(24)27)15-9-7-6-8-10-15/h6-12,14,19-21H,4-5,13H2,1-3H3/t19-,20-,21+/m1/s1.